The first-order valence-corrected chi connectivity index (χ1v) is 12.1. The van der Waals surface area contributed by atoms with Gasteiger partial charge in [0, 0.05) is 11.5 Å². The summed E-state index contributed by atoms with van der Waals surface area (Å²) in [6.07, 6.45) is 0. The topological polar surface area (TPSA) is 141 Å². The van der Waals surface area contributed by atoms with E-state index < -0.39 is 35.2 Å². The Kier molecular flexibility index (Phi) is 8.42. The number of thioether (sulfide) groups is 2. The van der Waals surface area contributed by atoms with Gasteiger partial charge in [-0.25, -0.2) is 0 Å². The van der Waals surface area contributed by atoms with E-state index >= 15 is 0 Å². The van der Waals surface area contributed by atoms with E-state index in [1.54, 1.807) is 24.3 Å². The number of rotatable bonds is 7. The average Bonchev–Trinajstić information content (AvgIpc) is 3.20. The van der Waals surface area contributed by atoms with E-state index in [1.807, 2.05) is 13.0 Å². The molecule has 1 saturated heterocycles. The Morgan fingerprint density at radius 1 is 1.34 bits per heavy atom. The number of fused-ring (bicyclic) bond motifs is 1. The average molecular weight is 500 g/mol. The third-order valence-corrected chi connectivity index (χ3v) is 8.25. The van der Waals surface area contributed by atoms with Gasteiger partial charge < -0.3 is 21.0 Å². The van der Waals surface area contributed by atoms with E-state index in [4.69, 9.17) is 5.73 Å². The van der Waals surface area contributed by atoms with Crippen LogP contribution >= 0.6 is 34.9 Å². The minimum Gasteiger partial charge on any atom is -0.543 e. The number of carboxylic acid groups (broad SMARTS) is 1. The van der Waals surface area contributed by atoms with Crippen LogP contribution in [-0.2, 0) is 14.4 Å². The molecule has 3 atom stereocenters. The summed E-state index contributed by atoms with van der Waals surface area (Å²) in [5.74, 6) is -1.62. The number of hydrogen-bond donors (Lipinski definition) is 2. The molecule has 0 saturated carbocycles. The SMILES string of the molecule is Cc1nnc(SCC2=C(C(=O)[O-])N3C(=O)C(NC(=O)C(N)c4ccccc4)[C@H]3SC2)s1.[Na+]. The Labute approximate surface area is 218 Å². The minimum atomic E-state index is -1.41. The fraction of sp³-hybridized carbons (Fsp3) is 0.316. The predicted octanol–water partition coefficient (Wildman–Crippen LogP) is -2.95. The third kappa shape index (κ3) is 5.06. The maximum atomic E-state index is 12.7. The zero-order valence-electron chi connectivity index (χ0n) is 17.3. The fourth-order valence-electron chi connectivity index (χ4n) is 3.32. The van der Waals surface area contributed by atoms with Crippen LogP contribution < -0.4 is 45.7 Å². The fourth-order valence-corrected chi connectivity index (χ4v) is 6.62. The number of carbonyl (C=O) groups excluding carboxylic acids is 3. The molecule has 4 rings (SSSR count). The van der Waals surface area contributed by atoms with Crippen molar-refractivity contribution in [1.29, 1.82) is 0 Å². The number of hydrogen-bond acceptors (Lipinski definition) is 10. The van der Waals surface area contributed by atoms with Crippen molar-refractivity contribution in [1.82, 2.24) is 20.4 Å². The Morgan fingerprint density at radius 2 is 2.06 bits per heavy atom. The van der Waals surface area contributed by atoms with Crippen LogP contribution in [0.25, 0.3) is 0 Å². The van der Waals surface area contributed by atoms with Crippen molar-refractivity contribution in [2.45, 2.75) is 28.7 Å². The van der Waals surface area contributed by atoms with E-state index in [0.717, 1.165) is 9.35 Å². The van der Waals surface area contributed by atoms with E-state index in [9.17, 15) is 19.5 Å². The maximum Gasteiger partial charge on any atom is 1.00 e. The van der Waals surface area contributed by atoms with Crippen molar-refractivity contribution in [3.63, 3.8) is 0 Å². The molecule has 2 aliphatic heterocycles. The van der Waals surface area contributed by atoms with Crippen molar-refractivity contribution in [2.75, 3.05) is 11.5 Å². The normalized spacial score (nSPS) is 20.7. The molecule has 0 spiro atoms. The number of aryl methyl sites for hydroxylation is 1. The first kappa shape index (κ1) is 25.2. The van der Waals surface area contributed by atoms with Crippen molar-refractivity contribution >= 4 is 52.6 Å². The van der Waals surface area contributed by atoms with Gasteiger partial charge in [-0.05, 0) is 18.1 Å². The van der Waals surface area contributed by atoms with Crippen LogP contribution in [0, 0.1) is 6.92 Å². The van der Waals surface area contributed by atoms with Crippen LogP contribution in [0.1, 0.15) is 16.6 Å². The van der Waals surface area contributed by atoms with Gasteiger partial charge in [0.1, 0.15) is 22.5 Å². The van der Waals surface area contributed by atoms with Gasteiger partial charge in [-0.1, -0.05) is 53.4 Å². The summed E-state index contributed by atoms with van der Waals surface area (Å²) in [6, 6.07) is 7.07. The molecule has 1 aromatic heterocycles. The molecule has 1 aromatic carbocycles. The van der Waals surface area contributed by atoms with Gasteiger partial charge >= 0.3 is 29.6 Å². The molecule has 32 heavy (non-hydrogen) atoms. The zero-order chi connectivity index (χ0) is 22.1. The Hall–Kier alpha value is -1.41. The summed E-state index contributed by atoms with van der Waals surface area (Å²) in [6.45, 7) is 1.84. The molecule has 162 valence electrons. The van der Waals surface area contributed by atoms with Gasteiger partial charge in [-0.3, -0.25) is 14.5 Å². The number of aliphatic carboxylic acids is 1. The predicted molar refractivity (Wildman–Crippen MR) is 116 cm³/mol. The number of carbonyl (C=O) groups is 3. The largest absolute Gasteiger partial charge is 1.00 e. The van der Waals surface area contributed by atoms with Gasteiger partial charge in [0.25, 0.3) is 5.91 Å². The van der Waals surface area contributed by atoms with Crippen LogP contribution in [-0.4, -0.2) is 55.8 Å². The molecule has 0 bridgehead atoms. The van der Waals surface area contributed by atoms with E-state index in [1.165, 1.54) is 39.8 Å². The molecule has 3 N–H and O–H groups in total. The van der Waals surface area contributed by atoms with Crippen LogP contribution in [0.15, 0.2) is 45.9 Å². The number of benzene rings is 1. The summed E-state index contributed by atoms with van der Waals surface area (Å²) in [4.78, 5) is 38.3. The number of aromatic nitrogens is 2. The van der Waals surface area contributed by atoms with Crippen molar-refractivity contribution in [3.05, 3.63) is 52.2 Å². The zero-order valence-corrected chi connectivity index (χ0v) is 21.8. The molecule has 1 fully saturated rings. The third-order valence-electron chi connectivity index (χ3n) is 4.86. The number of nitrogens with zero attached hydrogens (tertiary/aromatic N) is 3. The van der Waals surface area contributed by atoms with Crippen LogP contribution in [0.5, 0.6) is 0 Å². The van der Waals surface area contributed by atoms with Crippen molar-refractivity contribution < 1.29 is 49.0 Å². The number of β-lactam (4-membered cyclic amide) rings is 1. The summed E-state index contributed by atoms with van der Waals surface area (Å²) in [7, 11) is 0. The minimum absolute atomic E-state index is 0. The Balaban J connectivity index is 0.00000289. The molecule has 2 aromatic rings. The van der Waals surface area contributed by atoms with Crippen LogP contribution in [0.4, 0.5) is 0 Å². The van der Waals surface area contributed by atoms with E-state index in [0.29, 0.717) is 22.6 Å². The molecule has 0 radical (unpaired) electrons. The standard InChI is InChI=1S/C19H19N5O4S3.Na/c1-9-22-23-19(31-9)30-8-11-7-29-17-13(16(26)24(17)14(11)18(27)28)21-15(25)12(20)10-5-3-2-4-6-10;/h2-6,12-13,17H,7-8,20H2,1H3,(H,21,25)(H,27,28);/q;+1/p-1/t12?,13?,17-;/m1./s1. The van der Waals surface area contributed by atoms with E-state index in [2.05, 4.69) is 15.5 Å². The van der Waals surface area contributed by atoms with Gasteiger partial charge in [-0.2, -0.15) is 0 Å². The summed E-state index contributed by atoms with van der Waals surface area (Å²) >= 11 is 4.19. The van der Waals surface area contributed by atoms with Crippen LogP contribution in [0.2, 0.25) is 0 Å². The molecular weight excluding hydrogens is 481 g/mol. The molecule has 9 nitrogen and oxygen atoms in total. The second-order valence-electron chi connectivity index (χ2n) is 6.90. The quantitative estimate of drug-likeness (QED) is 0.232. The molecular formula is C19H18N5NaO4S3. The summed E-state index contributed by atoms with van der Waals surface area (Å²) in [5.41, 5.74) is 7.09. The smallest absolute Gasteiger partial charge is 0.543 e. The second-order valence-corrected chi connectivity index (χ2v) is 10.4. The van der Waals surface area contributed by atoms with Crippen molar-refractivity contribution in [2.24, 2.45) is 5.73 Å². The molecule has 0 aliphatic carbocycles. The first-order chi connectivity index (χ1) is 14.9. The molecule has 3 heterocycles. The van der Waals surface area contributed by atoms with Crippen LogP contribution in [0.3, 0.4) is 0 Å². The molecule has 2 aliphatic rings. The van der Waals surface area contributed by atoms with E-state index in [-0.39, 0.29) is 35.3 Å². The number of carboxylic acids is 1. The Morgan fingerprint density at radius 3 is 2.69 bits per heavy atom. The van der Waals surface area contributed by atoms with Crippen molar-refractivity contribution in [3.8, 4) is 0 Å². The summed E-state index contributed by atoms with van der Waals surface area (Å²) in [5, 5.41) is 22.8. The number of nitrogens with one attached hydrogen (secondary N) is 1. The molecule has 2 unspecified atom stereocenters. The summed E-state index contributed by atoms with van der Waals surface area (Å²) < 4.78 is 0.727. The first-order valence-electron chi connectivity index (χ1n) is 9.28. The number of amides is 2. The van der Waals surface area contributed by atoms with Gasteiger partial charge in [-0.15, -0.1) is 22.0 Å². The van der Waals surface area contributed by atoms with Gasteiger partial charge in [0.15, 0.2) is 4.34 Å². The Bertz CT molecular complexity index is 1060. The monoisotopic (exact) mass is 499 g/mol. The second kappa shape index (κ2) is 10.7. The maximum absolute atomic E-state index is 12.7. The molecule has 13 heteroatoms. The van der Waals surface area contributed by atoms with Gasteiger partial charge in [0.05, 0.1) is 11.7 Å². The van der Waals surface area contributed by atoms with Gasteiger partial charge in [0.2, 0.25) is 5.91 Å². The number of nitrogens with two attached hydrogens (primary N) is 1. The molecule has 2 amide bonds.